The zero-order valence-corrected chi connectivity index (χ0v) is 17.3. The molecule has 0 bridgehead atoms. The third kappa shape index (κ3) is 6.44. The van der Waals surface area contributed by atoms with Gasteiger partial charge in [-0.2, -0.15) is 0 Å². The molecule has 0 aliphatic carbocycles. The number of aliphatic hydroxyl groups is 1. The van der Waals surface area contributed by atoms with Crippen LogP contribution in [0.15, 0.2) is 60.7 Å². The molecule has 1 N–H and O–H groups in total. The fourth-order valence-electron chi connectivity index (χ4n) is 4.30. The Balaban J connectivity index is 1.82. The highest BCUT2D eigenvalue weighted by atomic mass is 16.3. The highest BCUT2D eigenvalue weighted by Gasteiger charge is 2.28. The number of benzene rings is 2. The summed E-state index contributed by atoms with van der Waals surface area (Å²) < 4.78 is 0. The first kappa shape index (κ1) is 21.0. The molecule has 1 aliphatic rings. The van der Waals surface area contributed by atoms with Gasteiger partial charge < -0.3 is 10.0 Å². The molecule has 0 amide bonds. The first-order valence-corrected chi connectivity index (χ1v) is 11.0. The van der Waals surface area contributed by atoms with E-state index in [4.69, 9.17) is 0 Å². The smallest absolute Gasteiger partial charge is 0.0708 e. The molecule has 0 saturated carbocycles. The maximum atomic E-state index is 11.1. The monoisotopic (exact) mass is 380 g/mol. The molecule has 3 heteroatoms. The molecule has 3 nitrogen and oxygen atoms in total. The predicted octanol–water partition coefficient (Wildman–Crippen LogP) is 4.70. The van der Waals surface area contributed by atoms with Gasteiger partial charge >= 0.3 is 0 Å². The van der Waals surface area contributed by atoms with Crippen molar-refractivity contribution in [3.8, 4) is 0 Å². The lowest BCUT2D eigenvalue weighted by Gasteiger charge is -2.39. The van der Waals surface area contributed by atoms with Crippen molar-refractivity contribution in [1.82, 2.24) is 9.80 Å². The molecule has 0 unspecified atom stereocenters. The summed E-state index contributed by atoms with van der Waals surface area (Å²) in [6, 6.07) is 21.5. The number of piperidine rings is 1. The van der Waals surface area contributed by atoms with E-state index in [1.165, 1.54) is 43.5 Å². The highest BCUT2D eigenvalue weighted by molar-refractivity contribution is 5.17. The number of hydrogen-bond acceptors (Lipinski definition) is 3. The summed E-state index contributed by atoms with van der Waals surface area (Å²) in [7, 11) is 0. The van der Waals surface area contributed by atoms with Gasteiger partial charge in [-0.1, -0.05) is 80.4 Å². The maximum Gasteiger partial charge on any atom is 0.0708 e. The van der Waals surface area contributed by atoms with Crippen LogP contribution in [0.5, 0.6) is 0 Å². The fraction of sp³-hybridized carbons (Fsp3) is 0.520. The summed E-state index contributed by atoms with van der Waals surface area (Å²) in [5.41, 5.74) is 2.62. The topological polar surface area (TPSA) is 26.7 Å². The molecule has 0 aromatic heterocycles. The molecular formula is C25H36N2O. The summed E-state index contributed by atoms with van der Waals surface area (Å²) in [5.74, 6) is 0. The van der Waals surface area contributed by atoms with Crippen LogP contribution in [0.3, 0.4) is 0 Å². The van der Waals surface area contributed by atoms with E-state index in [0.717, 1.165) is 32.5 Å². The van der Waals surface area contributed by atoms with Crippen molar-refractivity contribution in [1.29, 1.82) is 0 Å². The van der Waals surface area contributed by atoms with Gasteiger partial charge in [-0.3, -0.25) is 4.90 Å². The van der Waals surface area contributed by atoms with Crippen LogP contribution < -0.4 is 0 Å². The van der Waals surface area contributed by atoms with Gasteiger partial charge in [0.25, 0.3) is 0 Å². The summed E-state index contributed by atoms with van der Waals surface area (Å²) >= 11 is 0. The van der Waals surface area contributed by atoms with Gasteiger partial charge in [0, 0.05) is 25.7 Å². The van der Waals surface area contributed by atoms with Crippen LogP contribution in [0.2, 0.25) is 0 Å². The lowest BCUT2D eigenvalue weighted by molar-refractivity contribution is 0.0101. The second-order valence-corrected chi connectivity index (χ2v) is 8.16. The van der Waals surface area contributed by atoms with Crippen molar-refractivity contribution >= 4 is 0 Å². The number of likely N-dealkylation sites (tertiary alicyclic amines) is 1. The van der Waals surface area contributed by atoms with E-state index in [9.17, 15) is 5.11 Å². The zero-order valence-electron chi connectivity index (χ0n) is 17.3. The number of aliphatic hydroxyl groups excluding tert-OH is 1. The van der Waals surface area contributed by atoms with Crippen molar-refractivity contribution in [3.63, 3.8) is 0 Å². The summed E-state index contributed by atoms with van der Waals surface area (Å²) in [4.78, 5) is 5.07. The van der Waals surface area contributed by atoms with E-state index in [0.29, 0.717) is 0 Å². The lowest BCUT2D eigenvalue weighted by atomic mass is 10.0. The van der Waals surface area contributed by atoms with Crippen molar-refractivity contribution in [2.75, 3.05) is 19.6 Å². The molecule has 1 heterocycles. The molecule has 2 aromatic rings. The van der Waals surface area contributed by atoms with Crippen LogP contribution in [0.25, 0.3) is 0 Å². The van der Waals surface area contributed by atoms with Crippen LogP contribution >= 0.6 is 0 Å². The Morgan fingerprint density at radius 2 is 1.39 bits per heavy atom. The Bertz CT molecular complexity index is 613. The minimum absolute atomic E-state index is 0.151. The number of hydrogen-bond donors (Lipinski definition) is 1. The third-order valence-electron chi connectivity index (χ3n) is 5.85. The molecule has 152 valence electrons. The minimum atomic E-state index is -0.292. The van der Waals surface area contributed by atoms with E-state index in [-0.39, 0.29) is 12.1 Å². The van der Waals surface area contributed by atoms with Gasteiger partial charge in [0.05, 0.1) is 6.10 Å². The fourth-order valence-corrected chi connectivity index (χ4v) is 4.30. The van der Waals surface area contributed by atoms with Gasteiger partial charge in [-0.05, 0) is 43.5 Å². The van der Waals surface area contributed by atoms with Crippen molar-refractivity contribution in [2.45, 2.75) is 64.3 Å². The van der Waals surface area contributed by atoms with Crippen molar-refractivity contribution in [3.05, 3.63) is 71.8 Å². The Morgan fingerprint density at radius 3 is 1.89 bits per heavy atom. The largest absolute Gasteiger partial charge is 0.391 e. The molecule has 0 spiro atoms. The van der Waals surface area contributed by atoms with Crippen LogP contribution in [0, 0.1) is 0 Å². The van der Waals surface area contributed by atoms with E-state index in [2.05, 4.69) is 77.4 Å². The third-order valence-corrected chi connectivity index (χ3v) is 5.85. The Hall–Kier alpha value is -1.68. The Morgan fingerprint density at radius 1 is 0.857 bits per heavy atom. The average molecular weight is 381 g/mol. The van der Waals surface area contributed by atoms with E-state index in [1.54, 1.807) is 0 Å². The second-order valence-electron chi connectivity index (χ2n) is 8.16. The average Bonchev–Trinajstić information content (AvgIpc) is 2.74. The van der Waals surface area contributed by atoms with Gasteiger partial charge in [-0.25, -0.2) is 0 Å². The van der Waals surface area contributed by atoms with E-state index >= 15 is 0 Å². The normalized spacial score (nSPS) is 17.5. The highest BCUT2D eigenvalue weighted by Crippen LogP contribution is 2.20. The van der Waals surface area contributed by atoms with E-state index < -0.39 is 0 Å². The molecule has 1 saturated heterocycles. The molecule has 3 rings (SSSR count). The first-order valence-electron chi connectivity index (χ1n) is 11.0. The number of rotatable bonds is 10. The summed E-state index contributed by atoms with van der Waals surface area (Å²) in [5, 5.41) is 11.1. The maximum absolute atomic E-state index is 11.1. The van der Waals surface area contributed by atoms with Gasteiger partial charge in [0.15, 0.2) is 0 Å². The Labute approximate surface area is 171 Å². The molecular weight excluding hydrogens is 344 g/mol. The quantitative estimate of drug-likeness (QED) is 0.647. The molecule has 1 fully saturated rings. The van der Waals surface area contributed by atoms with Crippen LogP contribution in [0.4, 0.5) is 0 Å². The van der Waals surface area contributed by atoms with Gasteiger partial charge in [0.2, 0.25) is 0 Å². The minimum Gasteiger partial charge on any atom is -0.391 e. The van der Waals surface area contributed by atoms with Gasteiger partial charge in [0.1, 0.15) is 0 Å². The molecule has 2 aromatic carbocycles. The second kappa shape index (κ2) is 11.4. The van der Waals surface area contributed by atoms with Crippen LogP contribution in [-0.2, 0) is 13.1 Å². The molecule has 0 radical (unpaired) electrons. The Kier molecular flexibility index (Phi) is 8.53. The van der Waals surface area contributed by atoms with Crippen LogP contribution in [-0.4, -0.2) is 46.7 Å². The lowest BCUT2D eigenvalue weighted by Crippen LogP contribution is -2.51. The van der Waals surface area contributed by atoms with Crippen LogP contribution in [0.1, 0.15) is 50.2 Å². The van der Waals surface area contributed by atoms with Crippen molar-refractivity contribution in [2.24, 2.45) is 0 Å². The molecule has 28 heavy (non-hydrogen) atoms. The summed E-state index contributed by atoms with van der Waals surface area (Å²) in [6.45, 7) is 7.20. The summed E-state index contributed by atoms with van der Waals surface area (Å²) in [6.07, 6.45) is 5.50. The van der Waals surface area contributed by atoms with Gasteiger partial charge in [-0.15, -0.1) is 0 Å². The standard InChI is InChI=1S/C25H36N2O/c1-2-12-25(28)24(21-26-17-10-5-11-18-26)27(19-22-13-6-3-7-14-22)20-23-15-8-4-9-16-23/h3-4,6-9,13-16,24-25,28H,2,5,10-12,17-21H2,1H3/t24-,25+/m0/s1. The predicted molar refractivity (Wildman–Crippen MR) is 117 cm³/mol. The SMILES string of the molecule is CCC[C@@H](O)[C@H](CN1CCCCC1)N(Cc1ccccc1)Cc1ccccc1. The van der Waals surface area contributed by atoms with Crippen molar-refractivity contribution < 1.29 is 5.11 Å². The molecule has 1 aliphatic heterocycles. The number of nitrogens with zero attached hydrogens (tertiary/aromatic N) is 2. The first-order chi connectivity index (χ1) is 13.8. The molecule has 2 atom stereocenters. The van der Waals surface area contributed by atoms with E-state index in [1.807, 2.05) is 0 Å². The zero-order chi connectivity index (χ0) is 19.6.